The second-order valence-electron chi connectivity index (χ2n) is 5.33. The number of pyridine rings is 1. The van der Waals surface area contributed by atoms with Gasteiger partial charge in [0.05, 0.1) is 6.61 Å². The van der Waals surface area contributed by atoms with Crippen molar-refractivity contribution in [1.82, 2.24) is 10.3 Å². The van der Waals surface area contributed by atoms with E-state index in [-0.39, 0.29) is 0 Å². The second-order valence-corrected chi connectivity index (χ2v) is 5.33. The van der Waals surface area contributed by atoms with Gasteiger partial charge >= 0.3 is 0 Å². The first-order chi connectivity index (χ1) is 10.2. The van der Waals surface area contributed by atoms with Gasteiger partial charge in [0, 0.05) is 24.5 Å². The molecule has 2 aromatic rings. The molecule has 1 aromatic carbocycles. The van der Waals surface area contributed by atoms with Gasteiger partial charge in [-0.05, 0) is 49.6 Å². The van der Waals surface area contributed by atoms with Crippen LogP contribution in [0.5, 0.6) is 5.75 Å². The zero-order valence-corrected chi connectivity index (χ0v) is 13.1. The van der Waals surface area contributed by atoms with Crippen molar-refractivity contribution >= 4 is 0 Å². The summed E-state index contributed by atoms with van der Waals surface area (Å²) in [7, 11) is 0. The van der Waals surface area contributed by atoms with Crippen LogP contribution in [0.1, 0.15) is 43.1 Å². The monoisotopic (exact) mass is 284 g/mol. The maximum Gasteiger partial charge on any atom is 0.119 e. The van der Waals surface area contributed by atoms with E-state index >= 15 is 0 Å². The lowest BCUT2D eigenvalue weighted by atomic mass is 10.1. The SMILES string of the molecule is CCCOc1ccc(C(C)NCc2ccc(C)nc2)cc1. The summed E-state index contributed by atoms with van der Waals surface area (Å²) in [6, 6.07) is 12.8. The van der Waals surface area contributed by atoms with Crippen LogP contribution in [-0.4, -0.2) is 11.6 Å². The molecule has 0 aliphatic heterocycles. The molecule has 21 heavy (non-hydrogen) atoms. The Bertz CT molecular complexity index is 534. The van der Waals surface area contributed by atoms with E-state index in [0.29, 0.717) is 6.04 Å². The molecule has 0 aliphatic carbocycles. The Balaban J connectivity index is 1.87. The van der Waals surface area contributed by atoms with Crippen LogP contribution in [0.15, 0.2) is 42.6 Å². The molecule has 1 aromatic heterocycles. The fraction of sp³-hybridized carbons (Fsp3) is 0.389. The molecule has 1 atom stereocenters. The molecule has 0 aliphatic rings. The zero-order chi connectivity index (χ0) is 15.1. The Morgan fingerprint density at radius 3 is 2.52 bits per heavy atom. The van der Waals surface area contributed by atoms with Crippen molar-refractivity contribution in [1.29, 1.82) is 0 Å². The van der Waals surface area contributed by atoms with Crippen LogP contribution < -0.4 is 10.1 Å². The van der Waals surface area contributed by atoms with Crippen LogP contribution in [0, 0.1) is 6.92 Å². The number of hydrogen-bond donors (Lipinski definition) is 1. The number of aromatic nitrogens is 1. The molecule has 0 saturated carbocycles. The van der Waals surface area contributed by atoms with E-state index in [9.17, 15) is 0 Å². The largest absolute Gasteiger partial charge is 0.494 e. The predicted molar refractivity (Wildman–Crippen MR) is 86.5 cm³/mol. The Morgan fingerprint density at radius 1 is 1.14 bits per heavy atom. The molecule has 0 spiro atoms. The summed E-state index contributed by atoms with van der Waals surface area (Å²) >= 11 is 0. The maximum atomic E-state index is 5.60. The first kappa shape index (κ1) is 15.5. The fourth-order valence-electron chi connectivity index (χ4n) is 2.06. The topological polar surface area (TPSA) is 34.1 Å². The van der Waals surface area contributed by atoms with Gasteiger partial charge in [0.25, 0.3) is 0 Å². The summed E-state index contributed by atoms with van der Waals surface area (Å²) in [4.78, 5) is 4.31. The molecule has 1 heterocycles. The van der Waals surface area contributed by atoms with Crippen LogP contribution in [0.25, 0.3) is 0 Å². The minimum atomic E-state index is 0.298. The van der Waals surface area contributed by atoms with Gasteiger partial charge in [-0.15, -0.1) is 0 Å². The minimum Gasteiger partial charge on any atom is -0.494 e. The fourth-order valence-corrected chi connectivity index (χ4v) is 2.06. The number of rotatable bonds is 7. The van der Waals surface area contributed by atoms with Crippen molar-refractivity contribution in [3.05, 3.63) is 59.4 Å². The Morgan fingerprint density at radius 2 is 1.90 bits per heavy atom. The first-order valence-corrected chi connectivity index (χ1v) is 7.56. The highest BCUT2D eigenvalue weighted by molar-refractivity contribution is 5.29. The van der Waals surface area contributed by atoms with Crippen molar-refractivity contribution in [3.8, 4) is 5.75 Å². The Kier molecular flexibility index (Phi) is 5.76. The second kappa shape index (κ2) is 7.79. The van der Waals surface area contributed by atoms with Gasteiger partial charge in [0.15, 0.2) is 0 Å². The molecule has 0 saturated heterocycles. The van der Waals surface area contributed by atoms with Crippen molar-refractivity contribution in [2.24, 2.45) is 0 Å². The molecule has 0 fully saturated rings. The molecular weight excluding hydrogens is 260 g/mol. The smallest absolute Gasteiger partial charge is 0.119 e. The first-order valence-electron chi connectivity index (χ1n) is 7.56. The van der Waals surface area contributed by atoms with E-state index in [1.807, 2.05) is 31.3 Å². The van der Waals surface area contributed by atoms with Gasteiger partial charge in [0.1, 0.15) is 5.75 Å². The molecule has 1 N–H and O–H groups in total. The summed E-state index contributed by atoms with van der Waals surface area (Å²) in [5.74, 6) is 0.940. The van der Waals surface area contributed by atoms with E-state index in [1.54, 1.807) is 0 Å². The summed E-state index contributed by atoms with van der Waals surface area (Å²) in [5, 5.41) is 3.52. The maximum absolute atomic E-state index is 5.60. The van der Waals surface area contributed by atoms with E-state index in [4.69, 9.17) is 4.74 Å². The van der Waals surface area contributed by atoms with Crippen LogP contribution in [-0.2, 0) is 6.54 Å². The van der Waals surface area contributed by atoms with E-state index < -0.39 is 0 Å². The van der Waals surface area contributed by atoms with Crippen LogP contribution in [0.4, 0.5) is 0 Å². The lowest BCUT2D eigenvalue weighted by Gasteiger charge is -2.15. The third-order valence-corrected chi connectivity index (χ3v) is 3.44. The summed E-state index contributed by atoms with van der Waals surface area (Å²) < 4.78 is 5.60. The van der Waals surface area contributed by atoms with Crippen molar-refractivity contribution < 1.29 is 4.74 Å². The van der Waals surface area contributed by atoms with Crippen molar-refractivity contribution in [2.45, 2.75) is 39.8 Å². The highest BCUT2D eigenvalue weighted by Crippen LogP contribution is 2.18. The summed E-state index contributed by atoms with van der Waals surface area (Å²) in [5.41, 5.74) is 3.52. The van der Waals surface area contributed by atoms with E-state index in [2.05, 4.69) is 42.3 Å². The molecule has 0 amide bonds. The Labute approximate surface area is 127 Å². The van der Waals surface area contributed by atoms with Crippen molar-refractivity contribution in [3.63, 3.8) is 0 Å². The average Bonchev–Trinajstić information content (AvgIpc) is 2.52. The van der Waals surface area contributed by atoms with Gasteiger partial charge in [-0.25, -0.2) is 0 Å². The van der Waals surface area contributed by atoms with Gasteiger partial charge in [0.2, 0.25) is 0 Å². The van der Waals surface area contributed by atoms with Gasteiger partial charge in [-0.3, -0.25) is 4.98 Å². The number of ether oxygens (including phenoxy) is 1. The van der Waals surface area contributed by atoms with Crippen LogP contribution in [0.3, 0.4) is 0 Å². The third-order valence-electron chi connectivity index (χ3n) is 3.44. The molecule has 112 valence electrons. The van der Waals surface area contributed by atoms with Crippen molar-refractivity contribution in [2.75, 3.05) is 6.61 Å². The van der Waals surface area contributed by atoms with Crippen LogP contribution >= 0.6 is 0 Å². The highest BCUT2D eigenvalue weighted by Gasteiger charge is 2.05. The lowest BCUT2D eigenvalue weighted by molar-refractivity contribution is 0.317. The average molecular weight is 284 g/mol. The van der Waals surface area contributed by atoms with Gasteiger partial charge < -0.3 is 10.1 Å². The number of hydrogen-bond acceptors (Lipinski definition) is 3. The number of aryl methyl sites for hydroxylation is 1. The molecule has 3 heteroatoms. The van der Waals surface area contributed by atoms with Crippen LogP contribution in [0.2, 0.25) is 0 Å². The van der Waals surface area contributed by atoms with E-state index in [1.165, 1.54) is 11.1 Å². The molecule has 1 unspecified atom stereocenters. The summed E-state index contributed by atoms with van der Waals surface area (Å²) in [6.45, 7) is 7.88. The van der Waals surface area contributed by atoms with Gasteiger partial charge in [-0.2, -0.15) is 0 Å². The lowest BCUT2D eigenvalue weighted by Crippen LogP contribution is -2.18. The number of nitrogens with one attached hydrogen (secondary N) is 1. The number of nitrogens with zero attached hydrogens (tertiary/aromatic N) is 1. The quantitative estimate of drug-likeness (QED) is 0.833. The highest BCUT2D eigenvalue weighted by atomic mass is 16.5. The predicted octanol–water partition coefficient (Wildman–Crippen LogP) is 4.03. The molecule has 3 nitrogen and oxygen atoms in total. The standard InChI is InChI=1S/C18H24N2O/c1-4-11-21-18-9-7-17(8-10-18)15(3)20-13-16-6-5-14(2)19-12-16/h5-10,12,15,20H,4,11,13H2,1-3H3. The normalized spacial score (nSPS) is 12.1. The number of benzene rings is 1. The molecular formula is C18H24N2O. The summed E-state index contributed by atoms with van der Waals surface area (Å²) in [6.07, 6.45) is 2.96. The minimum absolute atomic E-state index is 0.298. The molecule has 0 bridgehead atoms. The molecule has 2 rings (SSSR count). The van der Waals surface area contributed by atoms with Gasteiger partial charge in [-0.1, -0.05) is 25.1 Å². The Hall–Kier alpha value is -1.87. The van der Waals surface area contributed by atoms with E-state index in [0.717, 1.165) is 31.0 Å². The third kappa shape index (κ3) is 4.87. The zero-order valence-electron chi connectivity index (χ0n) is 13.1. The molecule has 0 radical (unpaired) electrons.